The molecule has 0 aromatic carbocycles. The topological polar surface area (TPSA) is 123 Å². The van der Waals surface area contributed by atoms with Gasteiger partial charge in [0.25, 0.3) is 0 Å². The van der Waals surface area contributed by atoms with Crippen molar-refractivity contribution in [1.29, 1.82) is 0 Å². The van der Waals surface area contributed by atoms with Crippen LogP contribution in [0.3, 0.4) is 0 Å². The van der Waals surface area contributed by atoms with Crippen LogP contribution in [0.15, 0.2) is 18.1 Å². The second-order valence-electron chi connectivity index (χ2n) is 3.78. The fourth-order valence-corrected chi connectivity index (χ4v) is 13.2. The normalized spacial score (nSPS) is 23.7. The molecule has 144 valence electrons. The number of rotatable bonds is 8. The van der Waals surface area contributed by atoms with Gasteiger partial charge in [-0.15, -0.1) is 18.1 Å². The summed E-state index contributed by atoms with van der Waals surface area (Å²) in [4.78, 5) is 0. The average molecular weight is 428 g/mol. The summed E-state index contributed by atoms with van der Waals surface area (Å²) in [6.07, 6.45) is 0. The lowest BCUT2D eigenvalue weighted by atomic mass is 11.8. The first-order valence-electron chi connectivity index (χ1n) is 6.33. The summed E-state index contributed by atoms with van der Waals surface area (Å²) in [6, 6.07) is 0. The first kappa shape index (κ1) is 22.6. The monoisotopic (exact) mass is 428 g/mol. The van der Waals surface area contributed by atoms with Crippen LogP contribution in [-0.2, 0) is 36.2 Å². The van der Waals surface area contributed by atoms with Crippen LogP contribution in [0.5, 0.6) is 0 Å². The third-order valence-corrected chi connectivity index (χ3v) is 13.8. The third kappa shape index (κ3) is 4.46. The summed E-state index contributed by atoms with van der Waals surface area (Å²) in [5.74, 6) is 0. The fraction of sp³-hybridized carbons (Fsp3) is 1.00. The molecule has 0 saturated heterocycles. The standard InChI is InChI=1S/C8H24N4O8P4/c1-13-21(14-2)9-22(15-3,16-4)11-24(19-7,20-8)12-23(10-21,17-5)18-6/h1-8H3. The molecule has 24 heavy (non-hydrogen) atoms. The van der Waals surface area contributed by atoms with E-state index in [1.54, 1.807) is 0 Å². The molecule has 0 saturated carbocycles. The lowest BCUT2D eigenvalue weighted by molar-refractivity contribution is 0.300. The van der Waals surface area contributed by atoms with Crippen LogP contribution in [0.25, 0.3) is 0 Å². The Bertz CT molecular complexity index is 498. The SMILES string of the molecule is COP1(OC)=NP(OC)(OC)=NP(OC)(OC)=NP(OC)(OC)=N1. The largest absolute Gasteiger partial charge is 0.348 e. The smallest absolute Gasteiger partial charge is 0.310 e. The molecular weight excluding hydrogens is 404 g/mol. The van der Waals surface area contributed by atoms with Crippen molar-refractivity contribution in [3.8, 4) is 0 Å². The van der Waals surface area contributed by atoms with Gasteiger partial charge in [-0.05, 0) is 0 Å². The third-order valence-electron chi connectivity index (χ3n) is 2.81. The molecule has 0 unspecified atom stereocenters. The van der Waals surface area contributed by atoms with Crippen molar-refractivity contribution in [2.24, 2.45) is 18.1 Å². The van der Waals surface area contributed by atoms with Crippen LogP contribution in [-0.4, -0.2) is 56.9 Å². The van der Waals surface area contributed by atoms with Gasteiger partial charge >= 0.3 is 30.6 Å². The van der Waals surface area contributed by atoms with Gasteiger partial charge in [0.1, 0.15) is 0 Å². The van der Waals surface area contributed by atoms with Crippen LogP contribution < -0.4 is 0 Å². The van der Waals surface area contributed by atoms with Crippen molar-refractivity contribution in [3.63, 3.8) is 0 Å². The molecule has 1 aliphatic heterocycles. The van der Waals surface area contributed by atoms with E-state index < -0.39 is 30.6 Å². The lowest BCUT2D eigenvalue weighted by Gasteiger charge is -2.29. The number of hydrogen-bond acceptors (Lipinski definition) is 12. The van der Waals surface area contributed by atoms with Crippen molar-refractivity contribution in [1.82, 2.24) is 0 Å². The van der Waals surface area contributed by atoms with E-state index in [0.717, 1.165) is 0 Å². The quantitative estimate of drug-likeness (QED) is 0.497. The predicted octanol–water partition coefficient (Wildman–Crippen LogP) is 4.96. The van der Waals surface area contributed by atoms with Gasteiger partial charge < -0.3 is 36.2 Å². The Morgan fingerprint density at radius 3 is 0.542 bits per heavy atom. The van der Waals surface area contributed by atoms with Crippen LogP contribution in [0.1, 0.15) is 0 Å². The average Bonchev–Trinajstić information content (AvgIpc) is 2.63. The summed E-state index contributed by atoms with van der Waals surface area (Å²) in [5, 5.41) is 0. The summed E-state index contributed by atoms with van der Waals surface area (Å²) in [5.41, 5.74) is 0. The van der Waals surface area contributed by atoms with E-state index in [4.69, 9.17) is 36.2 Å². The minimum atomic E-state index is -3.24. The van der Waals surface area contributed by atoms with Crippen molar-refractivity contribution >= 4 is 30.6 Å². The van der Waals surface area contributed by atoms with E-state index in [1.165, 1.54) is 56.9 Å². The maximum atomic E-state index is 5.42. The lowest BCUT2D eigenvalue weighted by Crippen LogP contribution is -1.97. The maximum Gasteiger partial charge on any atom is 0.348 e. The molecule has 0 atom stereocenters. The van der Waals surface area contributed by atoms with Crippen molar-refractivity contribution in [3.05, 3.63) is 0 Å². The number of hydrogen-bond donors (Lipinski definition) is 0. The van der Waals surface area contributed by atoms with Gasteiger partial charge in [-0.25, -0.2) is 0 Å². The molecule has 1 heterocycles. The van der Waals surface area contributed by atoms with Crippen LogP contribution in [0.4, 0.5) is 0 Å². The molecular formula is C8H24N4O8P4. The minimum absolute atomic E-state index is 1.39. The minimum Gasteiger partial charge on any atom is -0.310 e. The van der Waals surface area contributed by atoms with Crippen molar-refractivity contribution in [2.45, 2.75) is 0 Å². The summed E-state index contributed by atoms with van der Waals surface area (Å²) in [7, 11) is -1.85. The molecule has 12 nitrogen and oxygen atoms in total. The molecule has 16 heteroatoms. The first-order valence-corrected chi connectivity index (χ1v) is 12.4. The van der Waals surface area contributed by atoms with Gasteiger partial charge in [-0.1, -0.05) is 0 Å². The first-order chi connectivity index (χ1) is 11.3. The summed E-state index contributed by atoms with van der Waals surface area (Å²) in [6.45, 7) is 0. The zero-order chi connectivity index (χ0) is 18.5. The molecule has 0 aromatic heterocycles. The van der Waals surface area contributed by atoms with Gasteiger partial charge in [-0.2, -0.15) is 0 Å². The highest BCUT2D eigenvalue weighted by Gasteiger charge is 2.40. The van der Waals surface area contributed by atoms with E-state index in [2.05, 4.69) is 18.1 Å². The van der Waals surface area contributed by atoms with E-state index in [0.29, 0.717) is 0 Å². The highest BCUT2D eigenvalue weighted by molar-refractivity contribution is 7.78. The van der Waals surface area contributed by atoms with Crippen LogP contribution in [0.2, 0.25) is 0 Å². The van der Waals surface area contributed by atoms with E-state index >= 15 is 0 Å². The second-order valence-corrected chi connectivity index (χ2v) is 13.5. The van der Waals surface area contributed by atoms with Crippen LogP contribution >= 0.6 is 30.6 Å². The van der Waals surface area contributed by atoms with Crippen molar-refractivity contribution in [2.75, 3.05) is 56.9 Å². The maximum absolute atomic E-state index is 5.42. The Morgan fingerprint density at radius 1 is 0.333 bits per heavy atom. The Hall–Kier alpha value is 0.600. The van der Waals surface area contributed by atoms with E-state index in [-0.39, 0.29) is 0 Å². The summed E-state index contributed by atoms with van der Waals surface area (Å²) < 4.78 is 61.1. The van der Waals surface area contributed by atoms with Crippen molar-refractivity contribution < 1.29 is 36.2 Å². The molecule has 0 fully saturated rings. The van der Waals surface area contributed by atoms with E-state index in [1.807, 2.05) is 0 Å². The van der Waals surface area contributed by atoms with Gasteiger partial charge in [0, 0.05) is 56.9 Å². The Labute approximate surface area is 142 Å². The highest BCUT2D eigenvalue weighted by atomic mass is 31.3. The fourth-order valence-electron chi connectivity index (χ4n) is 1.53. The molecule has 1 rings (SSSR count). The molecule has 0 aliphatic carbocycles. The molecule has 0 aromatic rings. The zero-order valence-corrected chi connectivity index (χ0v) is 18.4. The van der Waals surface area contributed by atoms with Gasteiger partial charge in [0.15, 0.2) is 0 Å². The molecule has 1 aliphatic rings. The van der Waals surface area contributed by atoms with Crippen LogP contribution in [0, 0.1) is 0 Å². The second kappa shape index (κ2) is 9.00. The highest BCUT2D eigenvalue weighted by Crippen LogP contribution is 2.79. The Kier molecular flexibility index (Phi) is 8.49. The van der Waals surface area contributed by atoms with Gasteiger partial charge in [-0.3, -0.25) is 0 Å². The molecule has 0 N–H and O–H groups in total. The molecule has 0 spiro atoms. The molecule has 0 radical (unpaired) electrons. The molecule has 0 amide bonds. The predicted molar refractivity (Wildman–Crippen MR) is 93.5 cm³/mol. The zero-order valence-electron chi connectivity index (χ0n) is 14.8. The Morgan fingerprint density at radius 2 is 0.458 bits per heavy atom. The number of nitrogens with zero attached hydrogens (tertiary/aromatic N) is 4. The van der Waals surface area contributed by atoms with Gasteiger partial charge in [0.2, 0.25) is 0 Å². The van der Waals surface area contributed by atoms with E-state index in [9.17, 15) is 0 Å². The summed E-state index contributed by atoms with van der Waals surface area (Å²) >= 11 is 0. The Balaban J connectivity index is 4.05. The van der Waals surface area contributed by atoms with Gasteiger partial charge in [0.05, 0.1) is 0 Å². The molecule has 0 bridgehead atoms.